The minimum Gasteiger partial charge on any atom is -0.302 e. The van der Waals surface area contributed by atoms with Crippen LogP contribution in [-0.4, -0.2) is 18.9 Å². The van der Waals surface area contributed by atoms with Crippen LogP contribution in [0.25, 0.3) is 10.2 Å². The van der Waals surface area contributed by atoms with Gasteiger partial charge in [-0.05, 0) is 30.3 Å². The summed E-state index contributed by atoms with van der Waals surface area (Å²) in [6.45, 7) is 0. The van der Waals surface area contributed by atoms with Crippen molar-refractivity contribution in [3.05, 3.63) is 63.5 Å². The van der Waals surface area contributed by atoms with Gasteiger partial charge in [0, 0.05) is 7.05 Å². The molecule has 6 nitrogen and oxygen atoms in total. The largest absolute Gasteiger partial charge is 0.307 e. The van der Waals surface area contributed by atoms with Crippen LogP contribution in [0.3, 0.4) is 0 Å². The number of fused-ring (bicyclic) bond motifs is 1. The van der Waals surface area contributed by atoms with E-state index in [1.54, 1.807) is 7.05 Å². The first-order valence-electron chi connectivity index (χ1n) is 6.71. The number of rotatable bonds is 3. The maximum atomic E-state index is 13.6. The number of halogens is 1. The van der Waals surface area contributed by atoms with E-state index in [-0.39, 0.29) is 15.3 Å². The third-order valence-electron chi connectivity index (χ3n) is 3.42. The lowest BCUT2D eigenvalue weighted by Gasteiger charge is -2.08. The van der Waals surface area contributed by atoms with Crippen molar-refractivity contribution in [1.29, 1.82) is 0 Å². The lowest BCUT2D eigenvalue weighted by Crippen LogP contribution is -2.31. The summed E-state index contributed by atoms with van der Waals surface area (Å²) in [4.78, 5) is 23.2. The van der Waals surface area contributed by atoms with E-state index in [4.69, 9.17) is 0 Å². The summed E-state index contributed by atoms with van der Waals surface area (Å²) in [5, 5.41) is 0. The highest BCUT2D eigenvalue weighted by Gasteiger charge is 2.21. The first-order chi connectivity index (χ1) is 11.3. The highest BCUT2D eigenvalue weighted by atomic mass is 32.2. The molecule has 1 N–H and O–H groups in total. The molecular weight excluding hydrogens is 355 g/mol. The van der Waals surface area contributed by atoms with Gasteiger partial charge in [0.1, 0.15) is 5.82 Å². The molecule has 0 fully saturated rings. The summed E-state index contributed by atoms with van der Waals surface area (Å²) in [6, 6.07) is 9.14. The normalized spacial score (nSPS) is 11.6. The van der Waals surface area contributed by atoms with E-state index in [2.05, 4.69) is 0 Å². The lowest BCUT2D eigenvalue weighted by molar-refractivity contribution is 0.0977. The van der Waals surface area contributed by atoms with Gasteiger partial charge in [0.2, 0.25) is 0 Å². The second-order valence-electron chi connectivity index (χ2n) is 4.97. The van der Waals surface area contributed by atoms with Crippen molar-refractivity contribution >= 4 is 37.5 Å². The van der Waals surface area contributed by atoms with Crippen molar-refractivity contribution < 1.29 is 17.6 Å². The molecule has 0 radical (unpaired) electrons. The van der Waals surface area contributed by atoms with Crippen LogP contribution in [0.1, 0.15) is 10.4 Å². The van der Waals surface area contributed by atoms with E-state index in [9.17, 15) is 22.4 Å². The molecule has 0 saturated heterocycles. The monoisotopic (exact) mass is 366 g/mol. The van der Waals surface area contributed by atoms with Gasteiger partial charge in [-0.25, -0.2) is 17.5 Å². The maximum Gasteiger partial charge on any atom is 0.307 e. The first kappa shape index (κ1) is 16.3. The zero-order chi connectivity index (χ0) is 17.5. The summed E-state index contributed by atoms with van der Waals surface area (Å²) in [5.74, 6) is -1.88. The number of aromatic nitrogens is 1. The van der Waals surface area contributed by atoms with Crippen LogP contribution in [0.15, 0.2) is 52.2 Å². The van der Waals surface area contributed by atoms with Crippen molar-refractivity contribution in [2.24, 2.45) is 7.05 Å². The zero-order valence-corrected chi connectivity index (χ0v) is 13.9. The molecule has 0 aliphatic heterocycles. The van der Waals surface area contributed by atoms with Crippen molar-refractivity contribution in [2.45, 2.75) is 4.90 Å². The van der Waals surface area contributed by atoms with Crippen LogP contribution in [0.5, 0.6) is 0 Å². The average molecular weight is 366 g/mol. The number of thiazole rings is 1. The molecule has 3 rings (SSSR count). The molecule has 0 aliphatic carbocycles. The SMILES string of the molecule is Cn1c(=O)sc2cc(S(=O)(=O)NC(=O)c3ccccc3F)ccc21. The molecule has 1 heterocycles. The molecule has 1 amide bonds. The van der Waals surface area contributed by atoms with Crippen LogP contribution in [-0.2, 0) is 17.1 Å². The highest BCUT2D eigenvalue weighted by Crippen LogP contribution is 2.21. The number of nitrogens with zero attached hydrogens (tertiary/aromatic N) is 1. The first-order valence-corrected chi connectivity index (χ1v) is 9.01. The molecule has 0 saturated carbocycles. The lowest BCUT2D eigenvalue weighted by atomic mass is 10.2. The molecule has 0 unspecified atom stereocenters. The number of amides is 1. The zero-order valence-electron chi connectivity index (χ0n) is 12.3. The van der Waals surface area contributed by atoms with Gasteiger partial charge in [-0.1, -0.05) is 23.5 Å². The molecule has 0 atom stereocenters. The molecule has 0 aliphatic rings. The van der Waals surface area contributed by atoms with Gasteiger partial charge in [0.15, 0.2) is 0 Å². The number of hydrogen-bond acceptors (Lipinski definition) is 5. The fourth-order valence-electron chi connectivity index (χ4n) is 2.16. The van der Waals surface area contributed by atoms with Gasteiger partial charge in [0.25, 0.3) is 15.9 Å². The minimum atomic E-state index is -4.19. The molecule has 0 bridgehead atoms. The number of aryl methyl sites for hydroxylation is 1. The Morgan fingerprint density at radius 3 is 2.62 bits per heavy atom. The maximum absolute atomic E-state index is 13.6. The Hall–Kier alpha value is -2.52. The molecule has 24 heavy (non-hydrogen) atoms. The van der Waals surface area contributed by atoms with Crippen LogP contribution in [0.2, 0.25) is 0 Å². The van der Waals surface area contributed by atoms with Gasteiger partial charge in [-0.15, -0.1) is 0 Å². The Labute approximate surface area is 140 Å². The smallest absolute Gasteiger partial charge is 0.302 e. The van der Waals surface area contributed by atoms with E-state index in [0.29, 0.717) is 10.2 Å². The van der Waals surface area contributed by atoms with E-state index in [1.165, 1.54) is 41.0 Å². The molecule has 2 aromatic carbocycles. The number of benzene rings is 2. The van der Waals surface area contributed by atoms with Crippen molar-refractivity contribution in [2.75, 3.05) is 0 Å². The highest BCUT2D eigenvalue weighted by molar-refractivity contribution is 7.90. The summed E-state index contributed by atoms with van der Waals surface area (Å²) in [6.07, 6.45) is 0. The van der Waals surface area contributed by atoms with E-state index in [1.807, 2.05) is 4.72 Å². The standard InChI is InChI=1S/C15H11FN2O4S2/c1-18-12-7-6-9(8-13(12)23-15(18)20)24(21,22)17-14(19)10-4-2-3-5-11(10)16/h2-8H,1H3,(H,17,19). The molecule has 9 heteroatoms. The number of hydrogen-bond donors (Lipinski definition) is 1. The molecule has 1 aromatic heterocycles. The van der Waals surface area contributed by atoms with Crippen LogP contribution in [0.4, 0.5) is 4.39 Å². The Bertz CT molecular complexity index is 1120. The molecule has 0 spiro atoms. The molecule has 124 valence electrons. The molecular formula is C15H11FN2O4S2. The van der Waals surface area contributed by atoms with E-state index >= 15 is 0 Å². The third-order valence-corrected chi connectivity index (χ3v) is 5.74. The molecule has 3 aromatic rings. The summed E-state index contributed by atoms with van der Waals surface area (Å²) in [5.41, 5.74) is 0.218. The van der Waals surface area contributed by atoms with Crippen LogP contribution in [0, 0.1) is 5.82 Å². The second kappa shape index (κ2) is 5.84. The second-order valence-corrected chi connectivity index (χ2v) is 7.65. The quantitative estimate of drug-likeness (QED) is 0.767. The minimum absolute atomic E-state index is 0.179. The van der Waals surface area contributed by atoms with E-state index in [0.717, 1.165) is 17.4 Å². The number of nitrogens with one attached hydrogen (secondary N) is 1. The Kier molecular flexibility index (Phi) is 3.98. The topological polar surface area (TPSA) is 85.2 Å². The van der Waals surface area contributed by atoms with Gasteiger partial charge in [-0.2, -0.15) is 0 Å². The predicted octanol–water partition coefficient (Wildman–Crippen LogP) is 1.86. The number of carbonyl (C=O) groups is 1. The number of carbonyl (C=O) groups excluding carboxylic acids is 1. The van der Waals surface area contributed by atoms with Crippen LogP contribution >= 0.6 is 11.3 Å². The van der Waals surface area contributed by atoms with Gasteiger partial charge in [-0.3, -0.25) is 9.59 Å². The van der Waals surface area contributed by atoms with Gasteiger partial charge < -0.3 is 4.57 Å². The van der Waals surface area contributed by atoms with Crippen molar-refractivity contribution in [3.63, 3.8) is 0 Å². The summed E-state index contributed by atoms with van der Waals surface area (Å²) < 4.78 is 41.9. The summed E-state index contributed by atoms with van der Waals surface area (Å²) in [7, 11) is -2.61. The number of sulfonamides is 1. The third kappa shape index (κ3) is 2.83. The fourth-order valence-corrected chi connectivity index (χ4v) is 4.15. The van der Waals surface area contributed by atoms with Crippen molar-refractivity contribution in [3.8, 4) is 0 Å². The average Bonchev–Trinajstić information content (AvgIpc) is 2.81. The fraction of sp³-hybridized carbons (Fsp3) is 0.0667. The van der Waals surface area contributed by atoms with Gasteiger partial charge in [0.05, 0.1) is 20.7 Å². The van der Waals surface area contributed by atoms with Crippen molar-refractivity contribution in [1.82, 2.24) is 9.29 Å². The predicted molar refractivity (Wildman–Crippen MR) is 88.1 cm³/mol. The van der Waals surface area contributed by atoms with E-state index < -0.39 is 21.7 Å². The van der Waals surface area contributed by atoms with Crippen LogP contribution < -0.4 is 9.60 Å². The Balaban J connectivity index is 1.97. The Morgan fingerprint density at radius 2 is 1.92 bits per heavy atom. The Morgan fingerprint density at radius 1 is 1.21 bits per heavy atom. The summed E-state index contributed by atoms with van der Waals surface area (Å²) >= 11 is 0.897. The van der Waals surface area contributed by atoms with Gasteiger partial charge >= 0.3 is 4.87 Å².